The van der Waals surface area contributed by atoms with Gasteiger partial charge in [-0.15, -0.1) is 0 Å². The van der Waals surface area contributed by atoms with Gasteiger partial charge in [-0.25, -0.2) is 8.78 Å². The fourth-order valence-corrected chi connectivity index (χ4v) is 5.10. The molecule has 8 nitrogen and oxygen atoms in total. The highest BCUT2D eigenvalue weighted by Crippen LogP contribution is 2.34. The standard InChI is InChI=1S/C22H25F2N5O2.C5H11N.C2H6/c1-4-20(30)28-8-9-29(14(2)10-28)21-16-12-27(13-19(16)25-22(26-21)31-3)11-15-17(23)6-5-7-18(15)24;1-6-4-2-3-5-6;1-2/h4-7,14H,1,8-13H2,2-3H3;2-5H2,1H3;1-2H3. The monoisotopic (exact) mass is 544 g/mol. The Hall–Kier alpha value is -3.11. The summed E-state index contributed by atoms with van der Waals surface area (Å²) in [5.41, 5.74) is 1.75. The van der Waals surface area contributed by atoms with Gasteiger partial charge in [-0.05, 0) is 58.1 Å². The summed E-state index contributed by atoms with van der Waals surface area (Å²) in [7, 11) is 3.68. The molecule has 1 atom stereocenters. The van der Waals surface area contributed by atoms with Crippen molar-refractivity contribution < 1.29 is 18.3 Å². The Labute approximate surface area is 231 Å². The average Bonchev–Trinajstić information content (AvgIpc) is 3.59. The Kier molecular flexibility index (Phi) is 11.2. The molecule has 5 rings (SSSR count). The molecule has 0 bridgehead atoms. The molecule has 1 unspecified atom stereocenters. The number of piperazine rings is 1. The van der Waals surface area contributed by atoms with Crippen molar-refractivity contribution >= 4 is 11.7 Å². The lowest BCUT2D eigenvalue weighted by atomic mass is 10.1. The summed E-state index contributed by atoms with van der Waals surface area (Å²) in [5, 5.41) is 0. The van der Waals surface area contributed by atoms with Crippen molar-refractivity contribution in [1.29, 1.82) is 0 Å². The highest BCUT2D eigenvalue weighted by Gasteiger charge is 2.33. The molecular formula is C29H42F2N6O2. The van der Waals surface area contributed by atoms with Crippen molar-refractivity contribution in [3.63, 3.8) is 0 Å². The van der Waals surface area contributed by atoms with Crippen LogP contribution in [0, 0.1) is 11.6 Å². The van der Waals surface area contributed by atoms with Gasteiger partial charge in [-0.2, -0.15) is 9.97 Å². The molecule has 2 saturated heterocycles. The second-order valence-electron chi connectivity index (χ2n) is 9.85. The molecule has 0 N–H and O–H groups in total. The van der Waals surface area contributed by atoms with Crippen molar-refractivity contribution in [2.75, 3.05) is 51.8 Å². The van der Waals surface area contributed by atoms with E-state index in [2.05, 4.69) is 33.4 Å². The van der Waals surface area contributed by atoms with Gasteiger partial charge in [-0.1, -0.05) is 26.5 Å². The summed E-state index contributed by atoms with van der Waals surface area (Å²) in [6, 6.07) is 4.17. The van der Waals surface area contributed by atoms with E-state index in [4.69, 9.17) is 4.74 Å². The quantitative estimate of drug-likeness (QED) is 0.522. The minimum absolute atomic E-state index is 0.0272. The van der Waals surface area contributed by atoms with Crippen LogP contribution in [-0.2, 0) is 24.4 Å². The van der Waals surface area contributed by atoms with Crippen LogP contribution in [0.2, 0.25) is 0 Å². The van der Waals surface area contributed by atoms with Gasteiger partial charge in [0, 0.05) is 56.4 Å². The lowest BCUT2D eigenvalue weighted by Crippen LogP contribution is -2.54. The van der Waals surface area contributed by atoms with Gasteiger partial charge < -0.3 is 19.4 Å². The Morgan fingerprint density at radius 3 is 2.31 bits per heavy atom. The second-order valence-corrected chi connectivity index (χ2v) is 9.85. The van der Waals surface area contributed by atoms with E-state index in [0.29, 0.717) is 32.7 Å². The first-order chi connectivity index (χ1) is 18.8. The van der Waals surface area contributed by atoms with Crippen LogP contribution in [0.3, 0.4) is 0 Å². The third-order valence-corrected chi connectivity index (χ3v) is 7.15. The van der Waals surface area contributed by atoms with Gasteiger partial charge in [-0.3, -0.25) is 9.69 Å². The van der Waals surface area contributed by atoms with Crippen molar-refractivity contribution in [3.8, 4) is 6.01 Å². The van der Waals surface area contributed by atoms with Crippen LogP contribution in [0.1, 0.15) is 50.4 Å². The number of amides is 1. The summed E-state index contributed by atoms with van der Waals surface area (Å²) in [5.74, 6) is -0.459. The molecule has 0 spiro atoms. The molecule has 1 amide bonds. The number of aromatic nitrogens is 2. The van der Waals surface area contributed by atoms with E-state index in [1.807, 2.05) is 25.7 Å². The first kappa shape index (κ1) is 30.4. The number of hydrogen-bond donors (Lipinski definition) is 0. The fraction of sp³-hybridized carbons (Fsp3) is 0.552. The number of hydrogen-bond acceptors (Lipinski definition) is 7. The molecule has 0 radical (unpaired) electrons. The van der Waals surface area contributed by atoms with Gasteiger partial charge in [0.2, 0.25) is 5.91 Å². The summed E-state index contributed by atoms with van der Waals surface area (Å²) >= 11 is 0. The predicted octanol–water partition coefficient (Wildman–Crippen LogP) is 4.24. The first-order valence-electron chi connectivity index (χ1n) is 13.8. The zero-order chi connectivity index (χ0) is 28.5. The Morgan fingerprint density at radius 2 is 1.77 bits per heavy atom. The topological polar surface area (TPSA) is 65.0 Å². The lowest BCUT2D eigenvalue weighted by Gasteiger charge is -2.40. The maximum atomic E-state index is 14.1. The minimum atomic E-state index is -0.559. The molecule has 0 aliphatic carbocycles. The van der Waals surface area contributed by atoms with E-state index in [-0.39, 0.29) is 30.1 Å². The average molecular weight is 545 g/mol. The van der Waals surface area contributed by atoms with Crippen LogP contribution in [-0.4, -0.2) is 83.5 Å². The number of fused-ring (bicyclic) bond motifs is 1. The molecule has 4 heterocycles. The number of likely N-dealkylation sites (tertiary alicyclic amines) is 1. The lowest BCUT2D eigenvalue weighted by molar-refractivity contribution is -0.126. The van der Waals surface area contributed by atoms with Crippen LogP contribution in [0.25, 0.3) is 0 Å². The number of halogens is 2. The van der Waals surface area contributed by atoms with Crippen molar-refractivity contribution in [3.05, 3.63) is 59.3 Å². The fourth-order valence-electron chi connectivity index (χ4n) is 5.10. The maximum Gasteiger partial charge on any atom is 0.318 e. The molecule has 1 aromatic heterocycles. The van der Waals surface area contributed by atoms with Gasteiger partial charge in [0.25, 0.3) is 0 Å². The molecule has 3 aliphatic rings. The summed E-state index contributed by atoms with van der Waals surface area (Å²) in [6.45, 7) is 15.0. The molecule has 1 aromatic carbocycles. The molecule has 2 aromatic rings. The van der Waals surface area contributed by atoms with Crippen LogP contribution in [0.15, 0.2) is 30.9 Å². The number of rotatable bonds is 5. The van der Waals surface area contributed by atoms with Crippen molar-refractivity contribution in [2.24, 2.45) is 0 Å². The predicted molar refractivity (Wildman–Crippen MR) is 150 cm³/mol. The number of ether oxygens (including phenoxy) is 1. The Bertz CT molecular complexity index is 1100. The molecular weight excluding hydrogens is 502 g/mol. The molecule has 39 heavy (non-hydrogen) atoms. The molecule has 0 saturated carbocycles. The molecule has 214 valence electrons. The van der Waals surface area contributed by atoms with Crippen LogP contribution < -0.4 is 9.64 Å². The van der Waals surface area contributed by atoms with Crippen LogP contribution >= 0.6 is 0 Å². The first-order valence-corrected chi connectivity index (χ1v) is 13.8. The van der Waals surface area contributed by atoms with E-state index >= 15 is 0 Å². The highest BCUT2D eigenvalue weighted by molar-refractivity contribution is 5.87. The number of nitrogens with zero attached hydrogens (tertiary/aromatic N) is 6. The zero-order valence-electron chi connectivity index (χ0n) is 23.9. The van der Waals surface area contributed by atoms with E-state index in [9.17, 15) is 13.6 Å². The number of methoxy groups -OCH3 is 1. The van der Waals surface area contributed by atoms with Gasteiger partial charge in [0.05, 0.1) is 12.8 Å². The van der Waals surface area contributed by atoms with E-state index in [0.717, 1.165) is 17.1 Å². The highest BCUT2D eigenvalue weighted by atomic mass is 19.1. The number of carbonyl (C=O) groups excluding carboxylic acids is 1. The molecule has 10 heteroatoms. The molecule has 2 fully saturated rings. The largest absolute Gasteiger partial charge is 0.467 e. The second kappa shape index (κ2) is 14.3. The smallest absolute Gasteiger partial charge is 0.318 e. The van der Waals surface area contributed by atoms with Crippen LogP contribution in [0.4, 0.5) is 14.6 Å². The van der Waals surface area contributed by atoms with Gasteiger partial charge in [0.1, 0.15) is 17.5 Å². The van der Waals surface area contributed by atoms with Gasteiger partial charge >= 0.3 is 6.01 Å². The Morgan fingerprint density at radius 1 is 1.10 bits per heavy atom. The summed E-state index contributed by atoms with van der Waals surface area (Å²) in [6.07, 6.45) is 4.15. The summed E-state index contributed by atoms with van der Waals surface area (Å²) in [4.78, 5) is 29.3. The number of carbonyl (C=O) groups is 1. The zero-order valence-corrected chi connectivity index (χ0v) is 23.9. The number of anilines is 1. The van der Waals surface area contributed by atoms with E-state index < -0.39 is 11.6 Å². The van der Waals surface area contributed by atoms with Gasteiger partial charge in [0.15, 0.2) is 0 Å². The van der Waals surface area contributed by atoms with E-state index in [1.54, 1.807) is 4.90 Å². The minimum Gasteiger partial charge on any atom is -0.467 e. The normalized spacial score (nSPS) is 19.0. The third-order valence-electron chi connectivity index (χ3n) is 7.15. The molecule has 3 aliphatic heterocycles. The third kappa shape index (κ3) is 7.51. The Balaban J connectivity index is 0.000000457. The van der Waals surface area contributed by atoms with Crippen molar-refractivity contribution in [1.82, 2.24) is 24.7 Å². The van der Waals surface area contributed by atoms with E-state index in [1.165, 1.54) is 57.3 Å². The number of benzene rings is 1. The summed E-state index contributed by atoms with van der Waals surface area (Å²) < 4.78 is 33.6. The van der Waals surface area contributed by atoms with Crippen molar-refractivity contribution in [2.45, 2.75) is 59.3 Å². The SMILES string of the molecule is C=CC(=O)N1CCN(c2nc(OC)nc3c2CN(Cc2c(F)cccc2F)C3)C(C)C1.CC.CN1CCCC1. The maximum absolute atomic E-state index is 14.1. The van der Waals surface area contributed by atoms with Crippen LogP contribution in [0.5, 0.6) is 6.01 Å².